The number of rotatable bonds is 4. The lowest BCUT2D eigenvalue weighted by molar-refractivity contribution is 0.0694. The zero-order chi connectivity index (χ0) is 24.3. The van der Waals surface area contributed by atoms with Gasteiger partial charge in [-0.05, 0) is 68.1 Å². The second kappa shape index (κ2) is 7.98. The van der Waals surface area contributed by atoms with Crippen molar-refractivity contribution >= 4 is 21.8 Å². The largest absolute Gasteiger partial charge is 0.339 e. The molecule has 2 fully saturated rings. The van der Waals surface area contributed by atoms with E-state index in [-0.39, 0.29) is 39.7 Å². The molecule has 0 bridgehead atoms. The highest BCUT2D eigenvalue weighted by Crippen LogP contribution is 2.40. The second-order valence-corrected chi connectivity index (χ2v) is 10.9. The highest BCUT2D eigenvalue weighted by Gasteiger charge is 2.49. The molecule has 9 nitrogen and oxygen atoms in total. The summed E-state index contributed by atoms with van der Waals surface area (Å²) in [5.74, 6) is -0.639. The number of halogens is 1. The first-order chi connectivity index (χ1) is 16.8. The number of benzene rings is 2. The van der Waals surface area contributed by atoms with Gasteiger partial charge in [0.1, 0.15) is 10.7 Å². The Balaban J connectivity index is 1.22. The van der Waals surface area contributed by atoms with Crippen LogP contribution in [0.25, 0.3) is 11.4 Å². The smallest absolute Gasteiger partial charge is 0.269 e. The number of likely N-dealkylation sites (tertiary alicyclic amines) is 1. The number of hydrogen-bond donors (Lipinski definition) is 0. The topological polar surface area (TPSA) is 114 Å². The predicted octanol–water partition coefficient (Wildman–Crippen LogP) is 3.20. The fourth-order valence-corrected chi connectivity index (χ4v) is 6.55. The molecule has 1 saturated heterocycles. The highest BCUT2D eigenvalue weighted by atomic mass is 32.2. The molecule has 180 valence electrons. The van der Waals surface area contributed by atoms with E-state index < -0.39 is 15.9 Å². The number of amides is 2. The van der Waals surface area contributed by atoms with Gasteiger partial charge in [-0.1, -0.05) is 5.16 Å². The third-order valence-corrected chi connectivity index (χ3v) is 8.55. The summed E-state index contributed by atoms with van der Waals surface area (Å²) >= 11 is 0. The van der Waals surface area contributed by atoms with E-state index in [2.05, 4.69) is 10.1 Å². The molecule has 0 spiro atoms. The number of nitrogens with zero attached hydrogens (tertiary/aromatic N) is 4. The molecule has 3 aromatic rings. The van der Waals surface area contributed by atoms with E-state index in [0.29, 0.717) is 49.6 Å². The minimum absolute atomic E-state index is 0.102. The van der Waals surface area contributed by atoms with E-state index in [1.54, 1.807) is 17.0 Å². The summed E-state index contributed by atoms with van der Waals surface area (Å²) in [5, 5.41) is 3.99. The van der Waals surface area contributed by atoms with Gasteiger partial charge in [0, 0.05) is 30.3 Å². The quantitative estimate of drug-likeness (QED) is 0.545. The molecule has 2 aromatic carbocycles. The van der Waals surface area contributed by atoms with Crippen LogP contribution in [0, 0.1) is 5.82 Å². The van der Waals surface area contributed by atoms with Crippen LogP contribution in [-0.2, 0) is 10.0 Å². The molecule has 1 atom stereocenters. The van der Waals surface area contributed by atoms with E-state index in [1.807, 2.05) is 0 Å². The van der Waals surface area contributed by atoms with Crippen LogP contribution < -0.4 is 0 Å². The van der Waals surface area contributed by atoms with Gasteiger partial charge in [-0.25, -0.2) is 17.1 Å². The molecule has 0 N–H and O–H groups in total. The number of sulfonamides is 1. The van der Waals surface area contributed by atoms with Crippen LogP contribution in [-0.4, -0.2) is 58.7 Å². The fraction of sp³-hybridized carbons (Fsp3) is 0.333. The average molecular weight is 497 g/mol. The Labute approximate surface area is 200 Å². The van der Waals surface area contributed by atoms with Gasteiger partial charge in [-0.3, -0.25) is 9.59 Å². The Morgan fingerprint density at radius 2 is 1.86 bits per heavy atom. The maximum Gasteiger partial charge on any atom is 0.269 e. The first kappa shape index (κ1) is 21.9. The molecule has 1 unspecified atom stereocenters. The number of hydrogen-bond acceptors (Lipinski definition) is 7. The number of carbonyl (C=O) groups is 2. The Hall–Kier alpha value is -3.60. The van der Waals surface area contributed by atoms with Gasteiger partial charge in [-0.15, -0.1) is 0 Å². The Morgan fingerprint density at radius 3 is 2.60 bits per heavy atom. The van der Waals surface area contributed by atoms with E-state index in [4.69, 9.17) is 4.52 Å². The monoisotopic (exact) mass is 496 g/mol. The Bertz CT molecular complexity index is 1450. The van der Waals surface area contributed by atoms with Gasteiger partial charge >= 0.3 is 0 Å². The molecular weight excluding hydrogens is 475 g/mol. The third-order valence-electron chi connectivity index (χ3n) is 6.68. The van der Waals surface area contributed by atoms with E-state index in [9.17, 15) is 22.4 Å². The van der Waals surface area contributed by atoms with Gasteiger partial charge in [0.2, 0.25) is 11.7 Å². The van der Waals surface area contributed by atoms with Crippen molar-refractivity contribution in [2.75, 3.05) is 13.1 Å². The predicted molar refractivity (Wildman–Crippen MR) is 120 cm³/mol. The van der Waals surface area contributed by atoms with Gasteiger partial charge in [0.25, 0.3) is 21.8 Å². The Morgan fingerprint density at radius 1 is 1.09 bits per heavy atom. The van der Waals surface area contributed by atoms with Crippen LogP contribution in [0.3, 0.4) is 0 Å². The summed E-state index contributed by atoms with van der Waals surface area (Å²) in [6.07, 6.45) is 2.79. The van der Waals surface area contributed by atoms with Crippen molar-refractivity contribution < 1.29 is 26.9 Å². The maximum absolute atomic E-state index is 13.3. The molecule has 3 aliphatic rings. The van der Waals surface area contributed by atoms with Crippen LogP contribution in [0.1, 0.15) is 58.2 Å². The van der Waals surface area contributed by atoms with Crippen LogP contribution in [0.4, 0.5) is 4.39 Å². The molecule has 0 radical (unpaired) electrons. The highest BCUT2D eigenvalue weighted by molar-refractivity contribution is 7.90. The third kappa shape index (κ3) is 3.70. The summed E-state index contributed by atoms with van der Waals surface area (Å²) in [6.45, 7) is 0.839. The number of aromatic nitrogens is 2. The molecule has 35 heavy (non-hydrogen) atoms. The SMILES string of the molecule is O=C(c1ccc2c(c1)S(=O)(=O)N(C1CC1)C2=O)N1CCCC(c2nc(-c3ccc(F)cc3)no2)C1. The van der Waals surface area contributed by atoms with Crippen LogP contribution >= 0.6 is 0 Å². The number of piperidine rings is 1. The molecule has 11 heteroatoms. The normalized spacial score (nSPS) is 21.3. The summed E-state index contributed by atoms with van der Waals surface area (Å²) in [7, 11) is -3.94. The Kier molecular flexibility index (Phi) is 4.99. The molecule has 3 heterocycles. The summed E-state index contributed by atoms with van der Waals surface area (Å²) in [5.41, 5.74) is 0.958. The molecule has 6 rings (SSSR count). The molecule has 1 saturated carbocycles. The van der Waals surface area contributed by atoms with Crippen molar-refractivity contribution in [1.82, 2.24) is 19.3 Å². The van der Waals surface area contributed by atoms with Crippen LogP contribution in [0.2, 0.25) is 0 Å². The number of fused-ring (bicyclic) bond motifs is 1. The zero-order valence-electron chi connectivity index (χ0n) is 18.6. The van der Waals surface area contributed by atoms with E-state index >= 15 is 0 Å². The molecule has 1 aliphatic carbocycles. The summed E-state index contributed by atoms with van der Waals surface area (Å²) in [4.78, 5) is 31.9. The zero-order valence-corrected chi connectivity index (χ0v) is 19.4. The van der Waals surface area contributed by atoms with Gasteiger partial charge in [-0.2, -0.15) is 4.98 Å². The fourth-order valence-electron chi connectivity index (χ4n) is 4.71. The lowest BCUT2D eigenvalue weighted by atomic mass is 9.97. The van der Waals surface area contributed by atoms with Crippen molar-refractivity contribution in [3.8, 4) is 11.4 Å². The molecule has 2 amide bonds. The van der Waals surface area contributed by atoms with Crippen molar-refractivity contribution in [2.45, 2.75) is 42.5 Å². The lowest BCUT2D eigenvalue weighted by Gasteiger charge is -2.31. The minimum atomic E-state index is -3.94. The van der Waals surface area contributed by atoms with Gasteiger partial charge < -0.3 is 9.42 Å². The maximum atomic E-state index is 13.3. The van der Waals surface area contributed by atoms with Crippen molar-refractivity contribution in [2.24, 2.45) is 0 Å². The van der Waals surface area contributed by atoms with Crippen molar-refractivity contribution in [3.63, 3.8) is 0 Å². The van der Waals surface area contributed by atoms with Gasteiger partial charge in [0.15, 0.2) is 0 Å². The van der Waals surface area contributed by atoms with Crippen LogP contribution in [0.5, 0.6) is 0 Å². The van der Waals surface area contributed by atoms with E-state index in [1.165, 1.54) is 30.3 Å². The standard InChI is InChI=1S/C24H21FN4O5S/c25-17-6-3-14(4-7-17)21-26-22(34-27-21)16-2-1-11-28(13-16)23(30)15-5-10-19-20(12-15)35(32,33)29(24(19)31)18-8-9-18/h3-7,10,12,16,18H,1-2,8-9,11,13H2. The number of carbonyl (C=O) groups excluding carboxylic acids is 2. The average Bonchev–Trinajstić information content (AvgIpc) is 3.52. The molecular formula is C24H21FN4O5S. The molecule has 2 aliphatic heterocycles. The lowest BCUT2D eigenvalue weighted by Crippen LogP contribution is -2.39. The summed E-state index contributed by atoms with van der Waals surface area (Å²) < 4.78 is 45.5. The first-order valence-corrected chi connectivity index (χ1v) is 12.9. The first-order valence-electron chi connectivity index (χ1n) is 11.4. The second-order valence-electron chi connectivity index (χ2n) is 9.10. The summed E-state index contributed by atoms with van der Waals surface area (Å²) in [6, 6.07) is 9.75. The van der Waals surface area contributed by atoms with Gasteiger partial charge in [0.05, 0.1) is 11.5 Å². The minimum Gasteiger partial charge on any atom is -0.339 e. The van der Waals surface area contributed by atoms with Crippen molar-refractivity contribution in [3.05, 3.63) is 65.3 Å². The van der Waals surface area contributed by atoms with E-state index in [0.717, 1.165) is 10.7 Å². The molecule has 1 aromatic heterocycles. The van der Waals surface area contributed by atoms with Crippen LogP contribution in [0.15, 0.2) is 51.9 Å². The van der Waals surface area contributed by atoms with Crippen molar-refractivity contribution in [1.29, 1.82) is 0 Å².